The molecule has 0 aliphatic carbocycles. The van der Waals surface area contributed by atoms with E-state index in [0.717, 1.165) is 10.5 Å². The Balaban J connectivity index is 2.13. The quantitative estimate of drug-likeness (QED) is 0.687. The zero-order chi connectivity index (χ0) is 19.1. The Morgan fingerprint density at radius 1 is 1.19 bits per heavy atom. The van der Waals surface area contributed by atoms with Crippen LogP contribution in [0.2, 0.25) is 0 Å². The van der Waals surface area contributed by atoms with Crippen molar-refractivity contribution in [2.75, 3.05) is 6.26 Å². The van der Waals surface area contributed by atoms with Gasteiger partial charge in [-0.1, -0.05) is 12.1 Å². The topological polar surface area (TPSA) is 88.5 Å². The summed E-state index contributed by atoms with van der Waals surface area (Å²) in [6, 6.07) is 10.1. The summed E-state index contributed by atoms with van der Waals surface area (Å²) in [6.45, 7) is 3.78. The van der Waals surface area contributed by atoms with E-state index in [0.29, 0.717) is 11.4 Å². The van der Waals surface area contributed by atoms with E-state index in [1.54, 1.807) is 23.9 Å². The predicted molar refractivity (Wildman–Crippen MR) is 101 cm³/mol. The first-order valence-electron chi connectivity index (χ1n) is 8.18. The highest BCUT2D eigenvalue weighted by Crippen LogP contribution is 2.22. The predicted octanol–water partition coefficient (Wildman–Crippen LogP) is 3.54. The maximum absolute atomic E-state index is 12.5. The smallest absolute Gasteiger partial charge is 0.305 e. The zero-order valence-corrected chi connectivity index (χ0v) is 15.7. The summed E-state index contributed by atoms with van der Waals surface area (Å²) in [5.74, 6) is -0.928. The highest BCUT2D eigenvalue weighted by Gasteiger charge is 2.19. The van der Waals surface area contributed by atoms with Gasteiger partial charge >= 0.3 is 5.97 Å². The Labute approximate surface area is 157 Å². The number of carbonyl (C=O) groups is 2. The second-order valence-corrected chi connectivity index (χ2v) is 6.83. The van der Waals surface area contributed by atoms with Gasteiger partial charge in [0.05, 0.1) is 24.1 Å². The minimum absolute atomic E-state index is 0.00798. The number of thioether (sulfide) groups is 1. The van der Waals surface area contributed by atoms with Crippen LogP contribution in [0.15, 0.2) is 47.5 Å². The van der Waals surface area contributed by atoms with Gasteiger partial charge in [0, 0.05) is 17.2 Å². The summed E-state index contributed by atoms with van der Waals surface area (Å²) in [4.78, 5) is 28.8. The number of nitrogens with one attached hydrogen (secondary N) is 1. The molecule has 2 aromatic rings. The summed E-state index contributed by atoms with van der Waals surface area (Å²) in [5, 5.41) is 11.9. The molecule has 138 valence electrons. The van der Waals surface area contributed by atoms with E-state index in [1.807, 2.05) is 44.4 Å². The highest BCUT2D eigenvalue weighted by atomic mass is 32.2. The number of pyridine rings is 1. The van der Waals surface area contributed by atoms with Crippen molar-refractivity contribution in [3.05, 3.63) is 53.7 Å². The monoisotopic (exact) mass is 374 g/mol. The van der Waals surface area contributed by atoms with Crippen molar-refractivity contribution in [3.63, 3.8) is 0 Å². The molecule has 1 heterocycles. The molecule has 1 amide bonds. The fraction of sp³-hybridized carbons (Fsp3) is 0.316. The van der Waals surface area contributed by atoms with Crippen molar-refractivity contribution in [1.29, 1.82) is 0 Å². The van der Waals surface area contributed by atoms with Crippen LogP contribution >= 0.6 is 11.8 Å². The van der Waals surface area contributed by atoms with Crippen LogP contribution in [0.5, 0.6) is 5.88 Å². The number of ether oxygens (including phenoxy) is 1. The summed E-state index contributed by atoms with van der Waals surface area (Å²) in [7, 11) is 0. The fourth-order valence-electron chi connectivity index (χ4n) is 2.33. The van der Waals surface area contributed by atoms with Crippen LogP contribution in [0, 0.1) is 0 Å². The molecule has 1 atom stereocenters. The van der Waals surface area contributed by atoms with Crippen LogP contribution in [0.4, 0.5) is 0 Å². The number of hydrogen-bond acceptors (Lipinski definition) is 5. The largest absolute Gasteiger partial charge is 0.481 e. The van der Waals surface area contributed by atoms with Gasteiger partial charge < -0.3 is 15.2 Å². The molecule has 1 aromatic carbocycles. The molecule has 2 rings (SSSR count). The summed E-state index contributed by atoms with van der Waals surface area (Å²) >= 11 is 1.60. The number of rotatable bonds is 8. The van der Waals surface area contributed by atoms with Gasteiger partial charge in [0.25, 0.3) is 5.91 Å². The Morgan fingerprint density at radius 2 is 1.88 bits per heavy atom. The SMILES string of the molecule is CSc1ccc(C(CC(=O)O)NC(=O)c2ccc(OC(C)C)nc2)cc1. The Bertz CT molecular complexity index is 745. The van der Waals surface area contributed by atoms with E-state index >= 15 is 0 Å². The van der Waals surface area contributed by atoms with Gasteiger partial charge in [-0.3, -0.25) is 9.59 Å². The number of carboxylic acid groups (broad SMARTS) is 1. The van der Waals surface area contributed by atoms with Gasteiger partial charge in [-0.25, -0.2) is 4.98 Å². The van der Waals surface area contributed by atoms with E-state index in [1.165, 1.54) is 6.20 Å². The van der Waals surface area contributed by atoms with Crippen molar-refractivity contribution in [2.24, 2.45) is 0 Å². The van der Waals surface area contributed by atoms with Crippen LogP contribution < -0.4 is 10.1 Å². The van der Waals surface area contributed by atoms with Crippen LogP contribution in [-0.4, -0.2) is 34.3 Å². The van der Waals surface area contributed by atoms with Crippen LogP contribution in [0.1, 0.15) is 42.2 Å². The zero-order valence-electron chi connectivity index (χ0n) is 14.9. The van der Waals surface area contributed by atoms with Gasteiger partial charge in [-0.05, 0) is 43.9 Å². The Hall–Kier alpha value is -2.54. The first-order chi connectivity index (χ1) is 12.4. The van der Waals surface area contributed by atoms with Crippen LogP contribution in [0.3, 0.4) is 0 Å². The highest BCUT2D eigenvalue weighted by molar-refractivity contribution is 7.98. The number of benzene rings is 1. The van der Waals surface area contributed by atoms with E-state index < -0.39 is 12.0 Å². The lowest BCUT2D eigenvalue weighted by Crippen LogP contribution is -2.30. The molecule has 0 spiro atoms. The minimum Gasteiger partial charge on any atom is -0.481 e. The summed E-state index contributed by atoms with van der Waals surface area (Å²) in [6.07, 6.45) is 3.17. The third kappa shape index (κ3) is 5.77. The Morgan fingerprint density at radius 3 is 2.38 bits per heavy atom. The fourth-order valence-corrected chi connectivity index (χ4v) is 2.74. The first kappa shape index (κ1) is 19.8. The van der Waals surface area contributed by atoms with Crippen molar-refractivity contribution in [2.45, 2.75) is 37.3 Å². The molecular formula is C19H22N2O4S. The average Bonchev–Trinajstić information content (AvgIpc) is 2.61. The normalized spacial score (nSPS) is 11.8. The number of nitrogens with zero attached hydrogens (tertiary/aromatic N) is 1. The lowest BCUT2D eigenvalue weighted by Gasteiger charge is -2.18. The van der Waals surface area contributed by atoms with E-state index in [2.05, 4.69) is 10.3 Å². The number of carboxylic acids is 1. The standard InChI is InChI=1S/C19H22N2O4S/c1-12(2)25-17-9-6-14(11-20-17)19(24)21-16(10-18(22)23)13-4-7-15(26-3)8-5-13/h4-9,11-12,16H,10H2,1-3H3,(H,21,24)(H,22,23). The molecule has 0 saturated heterocycles. The van der Waals surface area contributed by atoms with E-state index in [4.69, 9.17) is 9.84 Å². The summed E-state index contributed by atoms with van der Waals surface area (Å²) < 4.78 is 5.45. The number of amides is 1. The van der Waals surface area contributed by atoms with Gasteiger partial charge in [0.15, 0.2) is 0 Å². The lowest BCUT2D eigenvalue weighted by atomic mass is 10.0. The third-order valence-electron chi connectivity index (χ3n) is 3.56. The van der Waals surface area contributed by atoms with E-state index in [9.17, 15) is 9.59 Å². The number of hydrogen-bond donors (Lipinski definition) is 2. The molecule has 6 nitrogen and oxygen atoms in total. The molecule has 1 aromatic heterocycles. The van der Waals surface area contributed by atoms with Crippen molar-refractivity contribution >= 4 is 23.6 Å². The third-order valence-corrected chi connectivity index (χ3v) is 4.30. The van der Waals surface area contributed by atoms with Gasteiger partial charge in [0.2, 0.25) is 5.88 Å². The number of aliphatic carboxylic acids is 1. The molecule has 0 saturated carbocycles. The number of carbonyl (C=O) groups excluding carboxylic acids is 1. The molecule has 26 heavy (non-hydrogen) atoms. The van der Waals surface area contributed by atoms with Gasteiger partial charge in [-0.15, -0.1) is 11.8 Å². The van der Waals surface area contributed by atoms with Gasteiger partial charge in [-0.2, -0.15) is 0 Å². The van der Waals surface area contributed by atoms with Crippen LogP contribution in [0.25, 0.3) is 0 Å². The lowest BCUT2D eigenvalue weighted by molar-refractivity contribution is -0.137. The molecule has 0 bridgehead atoms. The van der Waals surface area contributed by atoms with Crippen molar-refractivity contribution < 1.29 is 19.4 Å². The Kier molecular flexibility index (Phi) is 7.03. The van der Waals surface area contributed by atoms with Crippen molar-refractivity contribution in [3.8, 4) is 5.88 Å². The average molecular weight is 374 g/mol. The molecule has 0 radical (unpaired) electrons. The second kappa shape index (κ2) is 9.24. The first-order valence-corrected chi connectivity index (χ1v) is 9.41. The maximum atomic E-state index is 12.5. The summed E-state index contributed by atoms with van der Waals surface area (Å²) in [5.41, 5.74) is 1.09. The molecule has 0 aliphatic heterocycles. The molecule has 7 heteroatoms. The molecule has 2 N–H and O–H groups in total. The molecule has 0 fully saturated rings. The van der Waals surface area contributed by atoms with Crippen LogP contribution in [-0.2, 0) is 4.79 Å². The molecule has 1 unspecified atom stereocenters. The molecular weight excluding hydrogens is 352 g/mol. The van der Waals surface area contributed by atoms with E-state index in [-0.39, 0.29) is 18.4 Å². The molecule has 0 aliphatic rings. The maximum Gasteiger partial charge on any atom is 0.305 e. The minimum atomic E-state index is -0.983. The van der Waals surface area contributed by atoms with Crippen molar-refractivity contribution in [1.82, 2.24) is 10.3 Å². The second-order valence-electron chi connectivity index (χ2n) is 5.95. The number of aromatic nitrogens is 1. The van der Waals surface area contributed by atoms with Gasteiger partial charge in [0.1, 0.15) is 0 Å².